The molecule has 11 heteroatoms. The summed E-state index contributed by atoms with van der Waals surface area (Å²) in [7, 11) is -2.11. The molecule has 0 spiro atoms. The first-order valence-corrected chi connectivity index (χ1v) is 10.3. The SMILES string of the molecule is C[C@H](c1ccc(S(N)(=O)=O)cc1)N(C)CC(=O)Nc1ccccc1OCC(F)(F)F. The van der Waals surface area contributed by atoms with E-state index in [1.54, 1.807) is 30.1 Å². The van der Waals surface area contributed by atoms with Crippen LogP contribution in [-0.2, 0) is 14.8 Å². The summed E-state index contributed by atoms with van der Waals surface area (Å²) in [6, 6.07) is 11.5. The lowest BCUT2D eigenvalue weighted by Gasteiger charge is -2.25. The highest BCUT2D eigenvalue weighted by Crippen LogP contribution is 2.26. The molecule has 0 aliphatic rings. The number of amides is 1. The quantitative estimate of drug-likeness (QED) is 0.651. The van der Waals surface area contributed by atoms with Crippen molar-refractivity contribution < 1.29 is 31.1 Å². The van der Waals surface area contributed by atoms with E-state index >= 15 is 0 Å². The van der Waals surface area contributed by atoms with Crippen molar-refractivity contribution in [1.82, 2.24) is 4.90 Å². The van der Waals surface area contributed by atoms with Crippen LogP contribution in [0.2, 0.25) is 0 Å². The Bertz CT molecular complexity index is 979. The molecule has 0 radical (unpaired) electrons. The lowest BCUT2D eigenvalue weighted by Crippen LogP contribution is -2.32. The number of nitrogens with one attached hydrogen (secondary N) is 1. The molecule has 1 atom stereocenters. The second-order valence-electron chi connectivity index (χ2n) is 6.65. The number of sulfonamides is 1. The van der Waals surface area contributed by atoms with Crippen LogP contribution in [0, 0.1) is 0 Å². The van der Waals surface area contributed by atoms with Gasteiger partial charge in [-0.1, -0.05) is 24.3 Å². The minimum absolute atomic E-state index is 0.0192. The standard InChI is InChI=1S/C19H22F3N3O4S/c1-13(14-7-9-15(10-8-14)30(23,27)28)25(2)11-18(26)24-16-5-3-4-6-17(16)29-12-19(20,21)22/h3-10,13H,11-12H2,1-2H3,(H,24,26)(H2,23,27,28)/t13-/m1/s1. The maximum atomic E-state index is 12.4. The lowest BCUT2D eigenvalue weighted by atomic mass is 10.1. The minimum atomic E-state index is -4.49. The fourth-order valence-electron chi connectivity index (χ4n) is 2.60. The summed E-state index contributed by atoms with van der Waals surface area (Å²) in [6.45, 7) is 0.288. The molecule has 0 unspecified atom stereocenters. The predicted molar refractivity (Wildman–Crippen MR) is 105 cm³/mol. The van der Waals surface area contributed by atoms with Gasteiger partial charge in [-0.2, -0.15) is 13.2 Å². The van der Waals surface area contributed by atoms with Gasteiger partial charge in [0.25, 0.3) is 0 Å². The number of hydrogen-bond donors (Lipinski definition) is 2. The number of alkyl halides is 3. The van der Waals surface area contributed by atoms with Crippen molar-refractivity contribution in [2.75, 3.05) is 25.5 Å². The Labute approximate surface area is 172 Å². The zero-order valence-electron chi connectivity index (χ0n) is 16.3. The third-order valence-electron chi connectivity index (χ3n) is 4.30. The third kappa shape index (κ3) is 7.01. The first kappa shape index (κ1) is 23.6. The number of carbonyl (C=O) groups is 1. The van der Waals surface area contributed by atoms with Crippen molar-refractivity contribution in [2.45, 2.75) is 24.0 Å². The largest absolute Gasteiger partial charge is 0.482 e. The fraction of sp³-hybridized carbons (Fsp3) is 0.316. The Morgan fingerprint density at radius 3 is 2.33 bits per heavy atom. The van der Waals surface area contributed by atoms with E-state index in [2.05, 4.69) is 5.32 Å². The molecule has 30 heavy (non-hydrogen) atoms. The van der Waals surface area contributed by atoms with Gasteiger partial charge in [0.2, 0.25) is 15.9 Å². The third-order valence-corrected chi connectivity index (χ3v) is 5.23. The number of ether oxygens (including phenoxy) is 1. The van der Waals surface area contributed by atoms with E-state index in [-0.39, 0.29) is 28.9 Å². The van der Waals surface area contributed by atoms with Crippen molar-refractivity contribution in [3.8, 4) is 5.75 Å². The van der Waals surface area contributed by atoms with Crippen LogP contribution in [0.3, 0.4) is 0 Å². The number of para-hydroxylation sites is 2. The molecule has 0 bridgehead atoms. The first-order valence-electron chi connectivity index (χ1n) is 8.78. The van der Waals surface area contributed by atoms with Crippen LogP contribution in [0.1, 0.15) is 18.5 Å². The molecule has 0 aliphatic heterocycles. The summed E-state index contributed by atoms with van der Waals surface area (Å²) >= 11 is 0. The highest BCUT2D eigenvalue weighted by molar-refractivity contribution is 7.89. The van der Waals surface area contributed by atoms with Crippen molar-refractivity contribution in [3.05, 3.63) is 54.1 Å². The molecule has 2 aromatic carbocycles. The molecule has 164 valence electrons. The number of halogens is 3. The number of hydrogen-bond acceptors (Lipinski definition) is 5. The number of benzene rings is 2. The Hall–Kier alpha value is -2.63. The van der Waals surface area contributed by atoms with Crippen LogP contribution in [-0.4, -0.2) is 45.6 Å². The van der Waals surface area contributed by atoms with E-state index in [1.807, 2.05) is 6.92 Å². The molecule has 2 rings (SSSR count). The van der Waals surface area contributed by atoms with Gasteiger partial charge in [-0.05, 0) is 43.8 Å². The van der Waals surface area contributed by atoms with E-state index in [1.165, 1.54) is 30.3 Å². The van der Waals surface area contributed by atoms with Crippen LogP contribution < -0.4 is 15.2 Å². The Morgan fingerprint density at radius 1 is 1.17 bits per heavy atom. The molecular formula is C19H22F3N3O4S. The second-order valence-corrected chi connectivity index (χ2v) is 8.21. The Morgan fingerprint density at radius 2 is 1.77 bits per heavy atom. The van der Waals surface area contributed by atoms with E-state index < -0.39 is 28.7 Å². The number of anilines is 1. The molecule has 2 aromatic rings. The molecule has 3 N–H and O–H groups in total. The van der Waals surface area contributed by atoms with Crippen LogP contribution in [0.25, 0.3) is 0 Å². The van der Waals surface area contributed by atoms with E-state index in [0.717, 1.165) is 5.56 Å². The number of primary sulfonamides is 1. The summed E-state index contributed by atoms with van der Waals surface area (Å²) in [6.07, 6.45) is -4.49. The van der Waals surface area contributed by atoms with Gasteiger partial charge in [-0.25, -0.2) is 13.6 Å². The summed E-state index contributed by atoms with van der Waals surface area (Å²) in [5.41, 5.74) is 0.886. The Balaban J connectivity index is 2.01. The number of rotatable bonds is 8. The topological polar surface area (TPSA) is 102 Å². The average Bonchev–Trinajstić information content (AvgIpc) is 2.65. The minimum Gasteiger partial charge on any atom is -0.482 e. The summed E-state index contributed by atoms with van der Waals surface area (Å²) in [5, 5.41) is 7.62. The lowest BCUT2D eigenvalue weighted by molar-refractivity contribution is -0.153. The van der Waals surface area contributed by atoms with Gasteiger partial charge >= 0.3 is 6.18 Å². The molecular weight excluding hydrogens is 423 g/mol. The summed E-state index contributed by atoms with van der Waals surface area (Å²) in [5.74, 6) is -0.536. The molecule has 0 aromatic heterocycles. The van der Waals surface area contributed by atoms with Crippen molar-refractivity contribution in [3.63, 3.8) is 0 Å². The van der Waals surface area contributed by atoms with Crippen LogP contribution in [0.4, 0.5) is 18.9 Å². The zero-order valence-corrected chi connectivity index (χ0v) is 17.1. The highest BCUT2D eigenvalue weighted by atomic mass is 32.2. The van der Waals surface area contributed by atoms with Crippen LogP contribution >= 0.6 is 0 Å². The van der Waals surface area contributed by atoms with Crippen molar-refractivity contribution in [1.29, 1.82) is 0 Å². The maximum absolute atomic E-state index is 12.4. The van der Waals surface area contributed by atoms with Gasteiger partial charge in [0.1, 0.15) is 5.75 Å². The highest BCUT2D eigenvalue weighted by Gasteiger charge is 2.29. The first-order chi connectivity index (χ1) is 13.9. The van der Waals surface area contributed by atoms with Crippen LogP contribution in [0.5, 0.6) is 5.75 Å². The molecule has 0 fully saturated rings. The van der Waals surface area contributed by atoms with Gasteiger partial charge in [0, 0.05) is 6.04 Å². The average molecular weight is 445 g/mol. The molecule has 0 aliphatic carbocycles. The number of carbonyl (C=O) groups excluding carboxylic acids is 1. The fourth-order valence-corrected chi connectivity index (χ4v) is 3.11. The molecule has 7 nitrogen and oxygen atoms in total. The van der Waals surface area contributed by atoms with E-state index in [9.17, 15) is 26.4 Å². The van der Waals surface area contributed by atoms with E-state index in [4.69, 9.17) is 9.88 Å². The monoisotopic (exact) mass is 445 g/mol. The normalized spacial score (nSPS) is 13.2. The van der Waals surface area contributed by atoms with Crippen molar-refractivity contribution in [2.24, 2.45) is 5.14 Å². The van der Waals surface area contributed by atoms with Gasteiger partial charge in [-0.15, -0.1) is 0 Å². The zero-order chi connectivity index (χ0) is 22.5. The summed E-state index contributed by atoms with van der Waals surface area (Å²) in [4.78, 5) is 14.0. The smallest absolute Gasteiger partial charge is 0.422 e. The number of likely N-dealkylation sites (N-methyl/N-ethyl adjacent to an activating group) is 1. The number of nitrogens with two attached hydrogens (primary N) is 1. The molecule has 1 amide bonds. The molecule has 0 saturated carbocycles. The summed E-state index contributed by atoms with van der Waals surface area (Å²) < 4.78 is 64.6. The Kier molecular flexibility index (Phi) is 7.45. The van der Waals surface area contributed by atoms with Gasteiger partial charge in [0.05, 0.1) is 17.1 Å². The van der Waals surface area contributed by atoms with Gasteiger partial charge < -0.3 is 10.1 Å². The second kappa shape index (κ2) is 9.45. The predicted octanol–water partition coefficient (Wildman–Crippen LogP) is 2.91. The van der Waals surface area contributed by atoms with Gasteiger partial charge in [0.15, 0.2) is 6.61 Å². The van der Waals surface area contributed by atoms with Gasteiger partial charge in [-0.3, -0.25) is 9.69 Å². The number of nitrogens with zero attached hydrogens (tertiary/aromatic N) is 1. The van der Waals surface area contributed by atoms with Crippen LogP contribution in [0.15, 0.2) is 53.4 Å². The maximum Gasteiger partial charge on any atom is 0.422 e. The molecule has 0 heterocycles. The molecule has 0 saturated heterocycles. The van der Waals surface area contributed by atoms with E-state index in [0.29, 0.717) is 0 Å². The van der Waals surface area contributed by atoms with Crippen molar-refractivity contribution >= 4 is 21.6 Å².